The summed E-state index contributed by atoms with van der Waals surface area (Å²) < 4.78 is -1.12. The zero-order valence-corrected chi connectivity index (χ0v) is 8.92. The Labute approximate surface area is 85.8 Å². The molecule has 0 bridgehead atoms. The Bertz CT molecular complexity index is 27.0. The average Bonchev–Trinajstić information content (AvgIpc) is 0.722. The fourth-order valence-electron chi connectivity index (χ4n) is 0. The van der Waals surface area contributed by atoms with Gasteiger partial charge in [-0.05, 0) is 0 Å². The number of halogens is 4. The first kappa shape index (κ1) is 11.5. The van der Waals surface area contributed by atoms with Gasteiger partial charge in [-0.15, -0.1) is 0 Å². The van der Waals surface area contributed by atoms with Crippen molar-refractivity contribution in [3.63, 3.8) is 0 Å². The van der Waals surface area contributed by atoms with Gasteiger partial charge in [0, 0.05) is 0 Å². The van der Waals surface area contributed by atoms with Crippen LogP contribution in [0.5, 0.6) is 0 Å². The second-order valence-electron chi connectivity index (χ2n) is 0.495. The molecule has 0 rings (SSSR count). The SMILES string of the molecule is Cl[B-](Cl)(I)I.[Li+]. The van der Waals surface area contributed by atoms with Crippen LogP contribution < -0.4 is 18.9 Å². The largest absolute Gasteiger partial charge is 1.00 e. The second-order valence-corrected chi connectivity index (χ2v) is 11.1. The third-order valence-corrected chi connectivity index (χ3v) is 0. The summed E-state index contributed by atoms with van der Waals surface area (Å²) in [5.41, 5.74) is 0. The molecule has 0 nitrogen and oxygen atoms in total. The van der Waals surface area contributed by atoms with E-state index in [1.807, 2.05) is 44.7 Å². The molecular formula is BCl2I2Li. The van der Waals surface area contributed by atoms with Crippen LogP contribution >= 0.6 is 67.7 Å². The van der Waals surface area contributed by atoms with Crippen molar-refractivity contribution < 1.29 is 18.9 Å². The molecule has 0 aliphatic rings. The summed E-state index contributed by atoms with van der Waals surface area (Å²) in [6, 6.07) is 0. The van der Waals surface area contributed by atoms with Crippen molar-refractivity contribution in [1.82, 2.24) is 0 Å². The van der Waals surface area contributed by atoms with Crippen LogP contribution in [0.2, 0.25) is 0 Å². The van der Waals surface area contributed by atoms with Crippen LogP contribution in [-0.4, -0.2) is 0.690 Å². The van der Waals surface area contributed by atoms with Crippen molar-refractivity contribution in [2.45, 2.75) is 0 Å². The van der Waals surface area contributed by atoms with E-state index in [1.54, 1.807) is 0 Å². The molecule has 6 heavy (non-hydrogen) atoms. The maximum absolute atomic E-state index is 5.33. The van der Waals surface area contributed by atoms with E-state index in [1.165, 1.54) is 0 Å². The molecule has 0 aliphatic carbocycles. The number of rotatable bonds is 0. The quantitative estimate of drug-likeness (QED) is 0.422. The van der Waals surface area contributed by atoms with E-state index < -0.39 is 0.690 Å². The Kier molecular flexibility index (Phi) is 8.75. The van der Waals surface area contributed by atoms with Crippen molar-refractivity contribution >= 4 is 68.4 Å². The molecular weight excluding hydrogens is 342 g/mol. The Morgan fingerprint density at radius 1 is 1.17 bits per heavy atom. The van der Waals surface area contributed by atoms with Gasteiger partial charge in [-0.1, -0.05) is 0 Å². The fraction of sp³-hybridized carbons (Fsp3) is 0. The first-order chi connectivity index (χ1) is 2.00. The van der Waals surface area contributed by atoms with E-state index in [-0.39, 0.29) is 18.9 Å². The smallest absolute Gasteiger partial charge is 0.343 e. The van der Waals surface area contributed by atoms with Crippen molar-refractivity contribution in [2.24, 2.45) is 0 Å². The van der Waals surface area contributed by atoms with Crippen LogP contribution in [-0.2, 0) is 0 Å². The monoisotopic (exact) mass is 342 g/mol. The molecule has 0 atom stereocenters. The van der Waals surface area contributed by atoms with Gasteiger partial charge in [0.25, 0.3) is 0.690 Å². The number of hydrogen-bond acceptors (Lipinski definition) is 0. The van der Waals surface area contributed by atoms with Crippen molar-refractivity contribution in [1.29, 1.82) is 0 Å². The summed E-state index contributed by atoms with van der Waals surface area (Å²) in [5, 5.41) is 0. The van der Waals surface area contributed by atoms with Crippen LogP contribution in [0, 0.1) is 0 Å². The molecule has 0 radical (unpaired) electrons. The zero-order valence-electron chi connectivity index (χ0n) is 3.09. The maximum Gasteiger partial charge on any atom is 1.00 e. The van der Waals surface area contributed by atoms with Gasteiger partial charge in [0.1, 0.15) is 0 Å². The Morgan fingerprint density at radius 2 is 1.17 bits per heavy atom. The van der Waals surface area contributed by atoms with E-state index in [0.717, 1.165) is 0 Å². The molecule has 0 aromatic rings. The topological polar surface area (TPSA) is 0 Å². The molecule has 0 aromatic heterocycles. The Morgan fingerprint density at radius 3 is 1.17 bits per heavy atom. The minimum Gasteiger partial charge on any atom is -0.343 e. The van der Waals surface area contributed by atoms with Crippen molar-refractivity contribution in [2.75, 3.05) is 0 Å². The summed E-state index contributed by atoms with van der Waals surface area (Å²) >= 11 is 14.6. The molecule has 0 fully saturated rings. The first-order valence-corrected chi connectivity index (χ1v) is 4.24. The maximum atomic E-state index is 5.33. The van der Waals surface area contributed by atoms with Gasteiger partial charge in [0.15, 0.2) is 0 Å². The molecule has 0 amide bonds. The molecule has 0 saturated carbocycles. The van der Waals surface area contributed by atoms with Crippen molar-refractivity contribution in [3.8, 4) is 0 Å². The first-order valence-electron chi connectivity index (χ1n) is 0.873. The summed E-state index contributed by atoms with van der Waals surface area (Å²) in [5.74, 6) is 0. The predicted molar refractivity (Wildman–Crippen MR) is 45.5 cm³/mol. The molecule has 32 valence electrons. The minimum absolute atomic E-state index is 0. The molecule has 0 aliphatic heterocycles. The predicted octanol–water partition coefficient (Wildman–Crippen LogP) is -0.226. The third kappa shape index (κ3) is 29.8. The Balaban J connectivity index is 0. The van der Waals surface area contributed by atoms with E-state index in [9.17, 15) is 0 Å². The summed E-state index contributed by atoms with van der Waals surface area (Å²) in [4.78, 5) is 0. The fourth-order valence-corrected chi connectivity index (χ4v) is 0. The Hall–Kier alpha value is 2.70. The third-order valence-electron chi connectivity index (χ3n) is 0. The van der Waals surface area contributed by atoms with Gasteiger partial charge >= 0.3 is 18.9 Å². The molecule has 0 saturated heterocycles. The summed E-state index contributed by atoms with van der Waals surface area (Å²) in [6.07, 6.45) is 0. The normalized spacial score (nSPS) is 10.0. The van der Waals surface area contributed by atoms with Gasteiger partial charge in [0.05, 0.1) is 0 Å². The van der Waals surface area contributed by atoms with E-state index in [2.05, 4.69) is 0 Å². The average molecular weight is 342 g/mol. The van der Waals surface area contributed by atoms with Gasteiger partial charge in [-0.25, -0.2) is 0 Å². The van der Waals surface area contributed by atoms with Gasteiger partial charge in [-0.3, -0.25) is 44.7 Å². The van der Waals surface area contributed by atoms with Gasteiger partial charge in [0.2, 0.25) is 0 Å². The molecule has 6 heteroatoms. The minimum atomic E-state index is -1.12. The van der Waals surface area contributed by atoms with Crippen LogP contribution in [0.3, 0.4) is 0 Å². The molecule has 0 N–H and O–H groups in total. The summed E-state index contributed by atoms with van der Waals surface area (Å²) in [7, 11) is 0. The molecule has 0 heterocycles. The zero-order chi connectivity index (χ0) is 4.50. The molecule has 0 spiro atoms. The second kappa shape index (κ2) is 4.57. The van der Waals surface area contributed by atoms with Crippen LogP contribution in [0.15, 0.2) is 0 Å². The van der Waals surface area contributed by atoms with E-state index in [4.69, 9.17) is 22.9 Å². The molecule has 0 unspecified atom stereocenters. The summed E-state index contributed by atoms with van der Waals surface area (Å²) in [6.45, 7) is 0. The van der Waals surface area contributed by atoms with Crippen LogP contribution in [0.25, 0.3) is 0 Å². The van der Waals surface area contributed by atoms with Crippen molar-refractivity contribution in [3.05, 3.63) is 0 Å². The number of hydrogen-bond donors (Lipinski definition) is 0. The van der Waals surface area contributed by atoms with E-state index in [0.29, 0.717) is 0 Å². The van der Waals surface area contributed by atoms with Gasteiger partial charge in [-0.2, -0.15) is 0 Å². The molecule has 0 aromatic carbocycles. The van der Waals surface area contributed by atoms with E-state index >= 15 is 0 Å². The van der Waals surface area contributed by atoms with Crippen LogP contribution in [0.1, 0.15) is 0 Å². The van der Waals surface area contributed by atoms with Crippen LogP contribution in [0.4, 0.5) is 0 Å². The van der Waals surface area contributed by atoms with Gasteiger partial charge < -0.3 is 22.9 Å². The standard InChI is InChI=1S/BCl2I2.Li/c2-1(3,4)5;/q-1;+1.